The largest absolute Gasteiger partial charge is 0.324 e. The summed E-state index contributed by atoms with van der Waals surface area (Å²) in [5.41, 5.74) is 6.66. The van der Waals surface area contributed by atoms with E-state index in [1.807, 2.05) is 0 Å². The Morgan fingerprint density at radius 3 is 1.93 bits per heavy atom. The van der Waals surface area contributed by atoms with Crippen LogP contribution in [0.1, 0.15) is 59.3 Å². The zero-order valence-corrected chi connectivity index (χ0v) is 10.0. The van der Waals surface area contributed by atoms with E-state index >= 15 is 0 Å². The van der Waals surface area contributed by atoms with Crippen LogP contribution in [0.4, 0.5) is 0 Å². The van der Waals surface area contributed by atoms with Crippen LogP contribution in [0.5, 0.6) is 0 Å². The summed E-state index contributed by atoms with van der Waals surface area (Å²) in [4.78, 5) is 0. The van der Waals surface area contributed by atoms with Crippen molar-refractivity contribution in [1.29, 1.82) is 0 Å². The molecule has 0 aromatic heterocycles. The third-order valence-electron chi connectivity index (χ3n) is 4.20. The molecule has 0 unspecified atom stereocenters. The first-order chi connectivity index (χ1) is 6.60. The Hall–Kier alpha value is -0.0800. The molecular formula is C12H26N2. The van der Waals surface area contributed by atoms with Crippen LogP contribution in [-0.2, 0) is 0 Å². The fourth-order valence-corrected chi connectivity index (χ4v) is 2.30. The SMILES string of the molecule is CCC(CC)(CC)NCC1(N)CCC1. The third-order valence-corrected chi connectivity index (χ3v) is 4.20. The molecule has 0 saturated heterocycles. The summed E-state index contributed by atoms with van der Waals surface area (Å²) < 4.78 is 0. The van der Waals surface area contributed by atoms with Crippen molar-refractivity contribution in [3.63, 3.8) is 0 Å². The zero-order chi connectivity index (χ0) is 10.7. The van der Waals surface area contributed by atoms with Crippen molar-refractivity contribution >= 4 is 0 Å². The van der Waals surface area contributed by atoms with Gasteiger partial charge in [0.05, 0.1) is 0 Å². The van der Waals surface area contributed by atoms with Gasteiger partial charge in [-0.3, -0.25) is 0 Å². The Bertz CT molecular complexity index is 161. The molecule has 14 heavy (non-hydrogen) atoms. The number of hydrogen-bond donors (Lipinski definition) is 2. The van der Waals surface area contributed by atoms with Crippen LogP contribution in [-0.4, -0.2) is 17.6 Å². The molecule has 0 aromatic rings. The molecule has 0 aromatic carbocycles. The van der Waals surface area contributed by atoms with Gasteiger partial charge < -0.3 is 11.1 Å². The number of nitrogens with two attached hydrogens (primary N) is 1. The maximum atomic E-state index is 6.21. The van der Waals surface area contributed by atoms with Crippen LogP contribution in [0.25, 0.3) is 0 Å². The van der Waals surface area contributed by atoms with E-state index < -0.39 is 0 Å². The molecule has 1 aliphatic rings. The van der Waals surface area contributed by atoms with Crippen LogP contribution in [0.3, 0.4) is 0 Å². The van der Waals surface area contributed by atoms with Crippen LogP contribution < -0.4 is 11.1 Å². The minimum Gasteiger partial charge on any atom is -0.324 e. The van der Waals surface area contributed by atoms with E-state index in [0.717, 1.165) is 6.54 Å². The average molecular weight is 198 g/mol. The Labute approximate surface area is 88.6 Å². The van der Waals surface area contributed by atoms with Crippen LogP contribution >= 0.6 is 0 Å². The molecule has 1 saturated carbocycles. The molecule has 2 nitrogen and oxygen atoms in total. The fourth-order valence-electron chi connectivity index (χ4n) is 2.30. The Balaban J connectivity index is 2.39. The molecule has 0 heterocycles. The highest BCUT2D eigenvalue weighted by Gasteiger charge is 2.34. The number of rotatable bonds is 6. The predicted octanol–water partition coefficient (Wildman–Crippen LogP) is 2.43. The van der Waals surface area contributed by atoms with Crippen molar-refractivity contribution in [3.8, 4) is 0 Å². The lowest BCUT2D eigenvalue weighted by molar-refractivity contribution is 0.192. The molecule has 2 heteroatoms. The third kappa shape index (κ3) is 2.48. The summed E-state index contributed by atoms with van der Waals surface area (Å²) in [6.45, 7) is 7.81. The quantitative estimate of drug-likeness (QED) is 0.688. The van der Waals surface area contributed by atoms with Crippen LogP contribution in [0.15, 0.2) is 0 Å². The molecule has 3 N–H and O–H groups in total. The van der Waals surface area contributed by atoms with E-state index in [1.54, 1.807) is 0 Å². The molecule has 1 aliphatic carbocycles. The number of hydrogen-bond acceptors (Lipinski definition) is 2. The standard InChI is InChI=1S/C12H26N2/c1-4-12(5-2,6-3)14-10-11(13)8-7-9-11/h14H,4-10,13H2,1-3H3. The fraction of sp³-hybridized carbons (Fsp3) is 1.00. The normalized spacial score (nSPS) is 20.6. The monoisotopic (exact) mass is 198 g/mol. The Morgan fingerprint density at radius 1 is 1.14 bits per heavy atom. The van der Waals surface area contributed by atoms with Gasteiger partial charge in [0.2, 0.25) is 0 Å². The first kappa shape index (κ1) is 12.0. The molecule has 84 valence electrons. The molecule has 0 amide bonds. The molecule has 0 atom stereocenters. The predicted molar refractivity (Wildman–Crippen MR) is 62.4 cm³/mol. The summed E-state index contributed by atoms with van der Waals surface area (Å²) in [5, 5.41) is 3.70. The molecule has 0 aliphatic heterocycles. The van der Waals surface area contributed by atoms with Crippen molar-refractivity contribution in [3.05, 3.63) is 0 Å². The van der Waals surface area contributed by atoms with Crippen molar-refractivity contribution < 1.29 is 0 Å². The van der Waals surface area contributed by atoms with Crippen LogP contribution in [0.2, 0.25) is 0 Å². The minimum atomic E-state index is 0.116. The zero-order valence-electron chi connectivity index (χ0n) is 10.0. The second kappa shape index (κ2) is 4.63. The lowest BCUT2D eigenvalue weighted by Crippen LogP contribution is -2.58. The van der Waals surface area contributed by atoms with Gasteiger partial charge in [0.15, 0.2) is 0 Å². The summed E-state index contributed by atoms with van der Waals surface area (Å²) in [6, 6.07) is 0. The maximum Gasteiger partial charge on any atom is 0.0281 e. The number of nitrogens with one attached hydrogen (secondary N) is 1. The van der Waals surface area contributed by atoms with Gasteiger partial charge in [-0.05, 0) is 38.5 Å². The lowest BCUT2D eigenvalue weighted by atomic mass is 9.76. The van der Waals surface area contributed by atoms with Gasteiger partial charge in [-0.25, -0.2) is 0 Å². The summed E-state index contributed by atoms with van der Waals surface area (Å²) in [6.07, 6.45) is 7.33. The second-order valence-corrected chi connectivity index (χ2v) is 4.91. The van der Waals surface area contributed by atoms with Gasteiger partial charge >= 0.3 is 0 Å². The van der Waals surface area contributed by atoms with Gasteiger partial charge in [0.1, 0.15) is 0 Å². The summed E-state index contributed by atoms with van der Waals surface area (Å²) in [7, 11) is 0. The summed E-state index contributed by atoms with van der Waals surface area (Å²) in [5.74, 6) is 0. The first-order valence-electron chi connectivity index (χ1n) is 6.13. The van der Waals surface area contributed by atoms with Gasteiger partial charge in [-0.2, -0.15) is 0 Å². The van der Waals surface area contributed by atoms with Crippen molar-refractivity contribution in [2.75, 3.05) is 6.54 Å². The smallest absolute Gasteiger partial charge is 0.0281 e. The van der Waals surface area contributed by atoms with Crippen molar-refractivity contribution in [2.45, 2.75) is 70.4 Å². The highest BCUT2D eigenvalue weighted by Crippen LogP contribution is 2.29. The maximum absolute atomic E-state index is 6.21. The topological polar surface area (TPSA) is 38.0 Å². The summed E-state index contributed by atoms with van der Waals surface area (Å²) >= 11 is 0. The van der Waals surface area contributed by atoms with Crippen molar-refractivity contribution in [1.82, 2.24) is 5.32 Å². The van der Waals surface area contributed by atoms with E-state index in [9.17, 15) is 0 Å². The Morgan fingerprint density at radius 2 is 1.64 bits per heavy atom. The van der Waals surface area contributed by atoms with E-state index in [0.29, 0.717) is 5.54 Å². The van der Waals surface area contributed by atoms with E-state index in [4.69, 9.17) is 5.73 Å². The molecule has 1 fully saturated rings. The van der Waals surface area contributed by atoms with Gasteiger partial charge in [0, 0.05) is 17.6 Å². The molecule has 0 bridgehead atoms. The van der Waals surface area contributed by atoms with E-state index in [1.165, 1.54) is 38.5 Å². The Kier molecular flexibility index (Phi) is 3.96. The lowest BCUT2D eigenvalue weighted by Gasteiger charge is -2.42. The molecular weight excluding hydrogens is 172 g/mol. The van der Waals surface area contributed by atoms with Gasteiger partial charge in [0.25, 0.3) is 0 Å². The molecule has 1 rings (SSSR count). The molecule has 0 radical (unpaired) electrons. The van der Waals surface area contributed by atoms with E-state index in [2.05, 4.69) is 26.1 Å². The van der Waals surface area contributed by atoms with Gasteiger partial charge in [-0.15, -0.1) is 0 Å². The minimum absolute atomic E-state index is 0.116. The highest BCUT2D eigenvalue weighted by molar-refractivity contribution is 4.97. The molecule has 0 spiro atoms. The average Bonchev–Trinajstić information content (AvgIpc) is 2.18. The van der Waals surface area contributed by atoms with Crippen molar-refractivity contribution in [2.24, 2.45) is 5.73 Å². The van der Waals surface area contributed by atoms with Crippen LogP contribution in [0, 0.1) is 0 Å². The highest BCUT2D eigenvalue weighted by atomic mass is 15.0. The second-order valence-electron chi connectivity index (χ2n) is 4.91. The van der Waals surface area contributed by atoms with E-state index in [-0.39, 0.29) is 5.54 Å². The first-order valence-corrected chi connectivity index (χ1v) is 6.13. The van der Waals surface area contributed by atoms with Gasteiger partial charge in [-0.1, -0.05) is 20.8 Å².